The normalized spacial score (nSPS) is 10.4. The Hall–Kier alpha value is -3.84. The zero-order valence-corrected chi connectivity index (χ0v) is 14.8. The van der Waals surface area contributed by atoms with Gasteiger partial charge < -0.3 is 4.74 Å². The zero-order chi connectivity index (χ0) is 18.6. The van der Waals surface area contributed by atoms with E-state index in [9.17, 15) is 0 Å². The van der Waals surface area contributed by atoms with Gasteiger partial charge in [-0.05, 0) is 54.6 Å². The zero-order valence-electron chi connectivity index (χ0n) is 14.8. The molecule has 0 amide bonds. The third kappa shape index (κ3) is 3.31. The molecule has 0 aliphatic rings. The number of hydrogen-bond acceptors (Lipinski definition) is 3. The number of aromatic nitrogens is 2. The van der Waals surface area contributed by atoms with E-state index in [1.54, 1.807) is 19.2 Å². The van der Waals surface area contributed by atoms with Crippen molar-refractivity contribution in [2.75, 3.05) is 7.11 Å². The number of hydrogen-bond donors (Lipinski definition) is 0. The first-order valence-corrected chi connectivity index (χ1v) is 8.59. The van der Waals surface area contributed by atoms with E-state index < -0.39 is 0 Å². The molecule has 130 valence electrons. The molecule has 0 atom stereocenters. The highest BCUT2D eigenvalue weighted by Gasteiger charge is 2.13. The average Bonchev–Trinajstić information content (AvgIpc) is 3.20. The van der Waals surface area contributed by atoms with Crippen LogP contribution < -0.4 is 4.74 Å². The van der Waals surface area contributed by atoms with Crippen molar-refractivity contribution in [1.82, 2.24) is 9.78 Å². The average molecular weight is 351 g/mol. The highest BCUT2D eigenvalue weighted by atomic mass is 16.5. The summed E-state index contributed by atoms with van der Waals surface area (Å²) in [5, 5.41) is 13.9. The van der Waals surface area contributed by atoms with E-state index in [1.807, 2.05) is 59.3 Å². The number of benzene rings is 3. The fourth-order valence-electron chi connectivity index (χ4n) is 2.97. The van der Waals surface area contributed by atoms with Gasteiger partial charge in [-0.25, -0.2) is 4.68 Å². The van der Waals surface area contributed by atoms with Gasteiger partial charge in [0.2, 0.25) is 0 Å². The summed E-state index contributed by atoms with van der Waals surface area (Å²) in [5.41, 5.74) is 5.50. The monoisotopic (exact) mass is 351 g/mol. The number of nitriles is 1. The van der Waals surface area contributed by atoms with Gasteiger partial charge in [0.1, 0.15) is 5.75 Å². The van der Waals surface area contributed by atoms with Gasteiger partial charge in [-0.3, -0.25) is 0 Å². The lowest BCUT2D eigenvalue weighted by Crippen LogP contribution is -1.99. The maximum atomic E-state index is 9.04. The van der Waals surface area contributed by atoms with E-state index in [0.717, 1.165) is 34.0 Å². The van der Waals surface area contributed by atoms with Crippen molar-refractivity contribution >= 4 is 0 Å². The Morgan fingerprint density at radius 1 is 0.852 bits per heavy atom. The smallest absolute Gasteiger partial charge is 0.118 e. The largest absolute Gasteiger partial charge is 0.497 e. The van der Waals surface area contributed by atoms with Crippen LogP contribution in [0.4, 0.5) is 0 Å². The second-order valence-electron chi connectivity index (χ2n) is 6.08. The van der Waals surface area contributed by atoms with E-state index in [1.165, 1.54) is 0 Å². The van der Waals surface area contributed by atoms with Crippen molar-refractivity contribution in [3.8, 4) is 40.0 Å². The van der Waals surface area contributed by atoms with Crippen molar-refractivity contribution in [2.24, 2.45) is 0 Å². The topological polar surface area (TPSA) is 50.8 Å². The third-order valence-corrected chi connectivity index (χ3v) is 4.41. The maximum Gasteiger partial charge on any atom is 0.118 e. The van der Waals surface area contributed by atoms with E-state index in [4.69, 9.17) is 15.1 Å². The van der Waals surface area contributed by atoms with E-state index in [0.29, 0.717) is 5.56 Å². The van der Waals surface area contributed by atoms with Crippen molar-refractivity contribution in [2.45, 2.75) is 0 Å². The maximum absolute atomic E-state index is 9.04. The van der Waals surface area contributed by atoms with Crippen molar-refractivity contribution < 1.29 is 4.74 Å². The summed E-state index contributed by atoms with van der Waals surface area (Å²) in [6.45, 7) is 0. The Morgan fingerprint density at radius 2 is 1.56 bits per heavy atom. The molecule has 4 nitrogen and oxygen atoms in total. The summed E-state index contributed by atoms with van der Waals surface area (Å²) < 4.78 is 7.16. The molecule has 1 aromatic heterocycles. The van der Waals surface area contributed by atoms with Crippen LogP contribution in [0.15, 0.2) is 84.9 Å². The Balaban J connectivity index is 1.85. The summed E-state index contributed by atoms with van der Waals surface area (Å²) in [6.07, 6.45) is 0. The van der Waals surface area contributed by atoms with Crippen LogP contribution in [0.1, 0.15) is 5.56 Å². The summed E-state index contributed by atoms with van der Waals surface area (Å²) in [5.74, 6) is 0.813. The first-order valence-electron chi connectivity index (χ1n) is 8.59. The van der Waals surface area contributed by atoms with Gasteiger partial charge in [0.25, 0.3) is 0 Å². The number of methoxy groups -OCH3 is 1. The molecule has 0 N–H and O–H groups in total. The molecule has 0 unspecified atom stereocenters. The van der Waals surface area contributed by atoms with Crippen molar-refractivity contribution in [3.63, 3.8) is 0 Å². The molecule has 4 heteroatoms. The molecular formula is C23H17N3O. The predicted molar refractivity (Wildman–Crippen MR) is 106 cm³/mol. The quantitative estimate of drug-likeness (QED) is 0.515. The molecule has 0 spiro atoms. The molecule has 0 aliphatic heterocycles. The van der Waals surface area contributed by atoms with Crippen LogP contribution in [-0.4, -0.2) is 16.9 Å². The second kappa shape index (κ2) is 7.19. The van der Waals surface area contributed by atoms with Crippen LogP contribution in [0.2, 0.25) is 0 Å². The molecule has 1 heterocycles. The van der Waals surface area contributed by atoms with Crippen LogP contribution in [0.25, 0.3) is 28.2 Å². The molecule has 0 saturated carbocycles. The van der Waals surface area contributed by atoms with Gasteiger partial charge in [-0.15, -0.1) is 0 Å². The molecule has 0 radical (unpaired) electrons. The lowest BCUT2D eigenvalue weighted by molar-refractivity contribution is 0.415. The van der Waals surface area contributed by atoms with E-state index in [2.05, 4.69) is 24.3 Å². The van der Waals surface area contributed by atoms with Crippen LogP contribution in [0, 0.1) is 11.3 Å². The lowest BCUT2D eigenvalue weighted by Gasteiger charge is -2.07. The van der Waals surface area contributed by atoms with Gasteiger partial charge in [-0.2, -0.15) is 10.4 Å². The summed E-state index contributed by atoms with van der Waals surface area (Å²) >= 11 is 0. The summed E-state index contributed by atoms with van der Waals surface area (Å²) in [4.78, 5) is 0. The molecule has 4 rings (SSSR count). The molecule has 0 bridgehead atoms. The van der Waals surface area contributed by atoms with Gasteiger partial charge >= 0.3 is 0 Å². The molecule has 4 aromatic rings. The Bertz CT molecular complexity index is 1090. The van der Waals surface area contributed by atoms with E-state index >= 15 is 0 Å². The van der Waals surface area contributed by atoms with Gasteiger partial charge in [0.05, 0.1) is 35.8 Å². The fourth-order valence-corrected chi connectivity index (χ4v) is 2.97. The number of nitrogens with zero attached hydrogens (tertiary/aromatic N) is 3. The minimum absolute atomic E-state index is 0.627. The SMILES string of the molecule is COc1ccc(-c2cc(-c3ccccc3)n(-c3ccc(C#N)cc3)n2)cc1. The van der Waals surface area contributed by atoms with Crippen LogP contribution in [0.5, 0.6) is 5.75 Å². The second-order valence-corrected chi connectivity index (χ2v) is 6.08. The first-order chi connectivity index (χ1) is 13.3. The minimum Gasteiger partial charge on any atom is -0.497 e. The number of rotatable bonds is 4. The molecular weight excluding hydrogens is 334 g/mol. The van der Waals surface area contributed by atoms with Crippen LogP contribution in [-0.2, 0) is 0 Å². The van der Waals surface area contributed by atoms with Gasteiger partial charge in [0.15, 0.2) is 0 Å². The van der Waals surface area contributed by atoms with E-state index in [-0.39, 0.29) is 0 Å². The minimum atomic E-state index is 0.627. The van der Waals surface area contributed by atoms with Crippen LogP contribution in [0.3, 0.4) is 0 Å². The fraction of sp³-hybridized carbons (Fsp3) is 0.0435. The Kier molecular flexibility index (Phi) is 4.42. The highest BCUT2D eigenvalue weighted by molar-refractivity contribution is 5.70. The Labute approximate surface area is 157 Å². The predicted octanol–water partition coefficient (Wildman–Crippen LogP) is 5.09. The number of ether oxygens (including phenoxy) is 1. The third-order valence-electron chi connectivity index (χ3n) is 4.41. The van der Waals surface area contributed by atoms with Gasteiger partial charge in [-0.1, -0.05) is 30.3 Å². The summed E-state index contributed by atoms with van der Waals surface area (Å²) in [6, 6.07) is 29.7. The standard InChI is InChI=1S/C23H17N3O/c1-27-21-13-9-18(10-14-21)22-15-23(19-5-3-2-4-6-19)26(25-22)20-11-7-17(16-24)8-12-20/h2-15H,1H3. The molecule has 27 heavy (non-hydrogen) atoms. The molecule has 0 saturated heterocycles. The van der Waals surface area contributed by atoms with Gasteiger partial charge in [0, 0.05) is 11.1 Å². The molecule has 3 aromatic carbocycles. The highest BCUT2D eigenvalue weighted by Crippen LogP contribution is 2.29. The lowest BCUT2D eigenvalue weighted by atomic mass is 10.1. The molecule has 0 fully saturated rings. The van der Waals surface area contributed by atoms with Crippen LogP contribution >= 0.6 is 0 Å². The van der Waals surface area contributed by atoms with Crippen molar-refractivity contribution in [3.05, 3.63) is 90.5 Å². The first kappa shape index (κ1) is 16.6. The Morgan fingerprint density at radius 3 is 2.19 bits per heavy atom. The van der Waals surface area contributed by atoms with Crippen molar-refractivity contribution in [1.29, 1.82) is 5.26 Å². The molecule has 0 aliphatic carbocycles. The summed E-state index contributed by atoms with van der Waals surface area (Å²) in [7, 11) is 1.65.